The second-order valence-electron chi connectivity index (χ2n) is 11.7. The minimum Gasteiger partial charge on any atom is -0.369 e. The van der Waals surface area contributed by atoms with Crippen molar-refractivity contribution in [1.82, 2.24) is 29.7 Å². The molecule has 0 bridgehead atoms. The topological polar surface area (TPSA) is 97.7 Å². The smallest absolute Gasteiger partial charge is 0.276 e. The maximum atomic E-state index is 13.9. The average Bonchev–Trinajstić information content (AvgIpc) is 3.76. The van der Waals surface area contributed by atoms with Crippen LogP contribution in [0.4, 0.5) is 21.6 Å². The summed E-state index contributed by atoms with van der Waals surface area (Å²) in [5.74, 6) is 0.173. The number of rotatable bonds is 6. The third kappa shape index (κ3) is 5.10. The number of aromatic amines is 1. The maximum Gasteiger partial charge on any atom is 0.276 e. The zero-order valence-electron chi connectivity index (χ0n) is 24.5. The van der Waals surface area contributed by atoms with E-state index in [4.69, 9.17) is 10.1 Å². The van der Waals surface area contributed by atoms with E-state index in [0.29, 0.717) is 30.1 Å². The predicted molar refractivity (Wildman–Crippen MR) is 165 cm³/mol. The van der Waals surface area contributed by atoms with Crippen molar-refractivity contribution in [3.05, 3.63) is 89.1 Å². The molecule has 2 N–H and O–H groups in total. The summed E-state index contributed by atoms with van der Waals surface area (Å²) in [5.41, 5.74) is 7.16. The van der Waals surface area contributed by atoms with Crippen LogP contribution in [0.3, 0.4) is 0 Å². The standard InChI is InChI=1S/C32H34FN9O/c1-20(2)29-30(32(43)36-25-6-8-26(9-7-25)40-12-10-39(3)11-13-40)38-42-27(23-16-34-35-17-23)15-28(37-31(29)42)41-18-21-4-5-24(33)14-22(21)19-41/h4-9,14-17,20H,10-13,18-19H2,1-3H3,(H,34,35)(H,36,43). The fourth-order valence-electron chi connectivity index (χ4n) is 6.01. The lowest BCUT2D eigenvalue weighted by Crippen LogP contribution is -2.44. The molecular formula is C32H34FN9O. The van der Waals surface area contributed by atoms with E-state index in [-0.39, 0.29) is 17.6 Å². The minimum atomic E-state index is -0.287. The molecule has 5 aromatic rings. The lowest BCUT2D eigenvalue weighted by molar-refractivity contribution is 0.102. The number of fused-ring (bicyclic) bond motifs is 2. The van der Waals surface area contributed by atoms with Gasteiger partial charge in [0.05, 0.1) is 11.9 Å². The second kappa shape index (κ2) is 10.8. The Balaban J connectivity index is 1.23. The molecule has 43 heavy (non-hydrogen) atoms. The molecule has 2 aromatic carbocycles. The van der Waals surface area contributed by atoms with Crippen LogP contribution >= 0.6 is 0 Å². The fraction of sp³-hybridized carbons (Fsp3) is 0.312. The monoisotopic (exact) mass is 579 g/mol. The van der Waals surface area contributed by atoms with Gasteiger partial charge in [0.25, 0.3) is 5.91 Å². The molecule has 10 nitrogen and oxygen atoms in total. The van der Waals surface area contributed by atoms with Crippen LogP contribution < -0.4 is 15.1 Å². The van der Waals surface area contributed by atoms with Crippen molar-refractivity contribution in [3.8, 4) is 11.3 Å². The number of aromatic nitrogens is 5. The molecule has 1 amide bonds. The first-order chi connectivity index (χ1) is 20.8. The van der Waals surface area contributed by atoms with Crippen molar-refractivity contribution in [2.45, 2.75) is 32.9 Å². The highest BCUT2D eigenvalue weighted by Crippen LogP contribution is 2.34. The highest BCUT2D eigenvalue weighted by molar-refractivity contribution is 6.05. The van der Waals surface area contributed by atoms with E-state index in [2.05, 4.69) is 49.4 Å². The maximum absolute atomic E-state index is 13.9. The van der Waals surface area contributed by atoms with E-state index in [1.807, 2.05) is 38.1 Å². The first-order valence-corrected chi connectivity index (χ1v) is 14.6. The van der Waals surface area contributed by atoms with E-state index in [9.17, 15) is 9.18 Å². The van der Waals surface area contributed by atoms with Gasteiger partial charge in [-0.1, -0.05) is 19.9 Å². The normalized spacial score (nSPS) is 15.5. The van der Waals surface area contributed by atoms with Crippen LogP contribution in [0.2, 0.25) is 0 Å². The van der Waals surface area contributed by atoms with Crippen molar-refractivity contribution < 1.29 is 9.18 Å². The van der Waals surface area contributed by atoms with Gasteiger partial charge in [-0.05, 0) is 60.5 Å². The van der Waals surface area contributed by atoms with Gasteiger partial charge in [0.15, 0.2) is 11.3 Å². The number of amides is 1. The van der Waals surface area contributed by atoms with E-state index in [1.54, 1.807) is 23.0 Å². The molecule has 3 aromatic heterocycles. The van der Waals surface area contributed by atoms with Crippen LogP contribution in [0, 0.1) is 5.82 Å². The van der Waals surface area contributed by atoms with Gasteiger partial charge >= 0.3 is 0 Å². The van der Waals surface area contributed by atoms with Crippen LogP contribution in [-0.2, 0) is 13.1 Å². The van der Waals surface area contributed by atoms with E-state index in [0.717, 1.165) is 65.6 Å². The third-order valence-corrected chi connectivity index (χ3v) is 8.41. The van der Waals surface area contributed by atoms with Crippen molar-refractivity contribution in [2.75, 3.05) is 48.3 Å². The minimum absolute atomic E-state index is 0.0253. The Kier molecular flexibility index (Phi) is 6.81. The summed E-state index contributed by atoms with van der Waals surface area (Å²) in [4.78, 5) is 25.6. The number of anilines is 3. The fourth-order valence-corrected chi connectivity index (χ4v) is 6.01. The van der Waals surface area contributed by atoms with Crippen LogP contribution in [0.1, 0.15) is 46.9 Å². The number of carbonyl (C=O) groups excluding carboxylic acids is 1. The molecule has 0 unspecified atom stereocenters. The number of hydrogen-bond acceptors (Lipinski definition) is 7. The first-order valence-electron chi connectivity index (χ1n) is 14.6. The largest absolute Gasteiger partial charge is 0.369 e. The van der Waals surface area contributed by atoms with Gasteiger partial charge in [-0.2, -0.15) is 10.2 Å². The van der Waals surface area contributed by atoms with Crippen LogP contribution in [-0.4, -0.2) is 68.8 Å². The number of nitrogens with one attached hydrogen (secondary N) is 2. The third-order valence-electron chi connectivity index (χ3n) is 8.41. The first kappa shape index (κ1) is 27.1. The molecule has 0 radical (unpaired) electrons. The summed E-state index contributed by atoms with van der Waals surface area (Å²) in [6, 6.07) is 14.9. The lowest BCUT2D eigenvalue weighted by atomic mass is 10.0. The average molecular weight is 580 g/mol. The summed E-state index contributed by atoms with van der Waals surface area (Å²) in [6.07, 6.45) is 3.52. The van der Waals surface area contributed by atoms with Gasteiger partial charge in [0.2, 0.25) is 0 Å². The van der Waals surface area contributed by atoms with E-state index in [1.165, 1.54) is 6.07 Å². The second-order valence-corrected chi connectivity index (χ2v) is 11.7. The Morgan fingerprint density at radius 1 is 0.977 bits per heavy atom. The summed E-state index contributed by atoms with van der Waals surface area (Å²) in [6.45, 7) is 9.27. The molecule has 0 atom stereocenters. The molecule has 220 valence electrons. The number of piperazine rings is 1. The molecule has 0 saturated carbocycles. The zero-order valence-corrected chi connectivity index (χ0v) is 24.5. The summed E-state index contributed by atoms with van der Waals surface area (Å²) < 4.78 is 15.7. The number of benzene rings is 2. The van der Waals surface area contributed by atoms with E-state index < -0.39 is 0 Å². The predicted octanol–water partition coefficient (Wildman–Crippen LogP) is 4.91. The Hall–Kier alpha value is -4.77. The summed E-state index contributed by atoms with van der Waals surface area (Å²) >= 11 is 0. The van der Waals surface area contributed by atoms with Gasteiger partial charge in [-0.25, -0.2) is 13.9 Å². The highest BCUT2D eigenvalue weighted by Gasteiger charge is 2.28. The number of likely N-dealkylation sites (N-methyl/N-ethyl adjacent to an activating group) is 1. The summed E-state index contributed by atoms with van der Waals surface area (Å²) in [5, 5.41) is 14.9. The highest BCUT2D eigenvalue weighted by atomic mass is 19.1. The number of halogens is 1. The molecular weight excluding hydrogens is 545 g/mol. The SMILES string of the molecule is CC(C)c1c(C(=O)Nc2ccc(N3CCN(C)CC3)cc2)nn2c(-c3cn[nH]c3)cc(N3Cc4ccc(F)cc4C3)nc12. The number of H-pyrrole nitrogens is 1. The Morgan fingerprint density at radius 2 is 1.74 bits per heavy atom. The molecule has 2 aliphatic rings. The van der Waals surface area contributed by atoms with Gasteiger partial charge in [0.1, 0.15) is 11.6 Å². The van der Waals surface area contributed by atoms with Gasteiger partial charge in [-0.15, -0.1) is 0 Å². The summed E-state index contributed by atoms with van der Waals surface area (Å²) in [7, 11) is 2.14. The number of nitrogens with zero attached hydrogens (tertiary/aromatic N) is 7. The number of carbonyl (C=O) groups is 1. The van der Waals surface area contributed by atoms with Crippen molar-refractivity contribution in [3.63, 3.8) is 0 Å². The quantitative estimate of drug-likeness (QED) is 0.295. The van der Waals surface area contributed by atoms with E-state index >= 15 is 0 Å². The molecule has 5 heterocycles. The Bertz CT molecular complexity index is 1790. The number of hydrogen-bond donors (Lipinski definition) is 2. The molecule has 0 spiro atoms. The van der Waals surface area contributed by atoms with Crippen molar-refractivity contribution in [2.24, 2.45) is 0 Å². The van der Waals surface area contributed by atoms with Gasteiger partial charge < -0.3 is 20.0 Å². The zero-order chi connectivity index (χ0) is 29.7. The van der Waals surface area contributed by atoms with Crippen LogP contribution in [0.5, 0.6) is 0 Å². The van der Waals surface area contributed by atoms with Gasteiger partial charge in [0, 0.05) is 74.0 Å². The van der Waals surface area contributed by atoms with Crippen molar-refractivity contribution >= 4 is 28.7 Å². The van der Waals surface area contributed by atoms with Crippen LogP contribution in [0.15, 0.2) is 60.9 Å². The molecule has 7 rings (SSSR count). The Labute approximate surface area is 249 Å². The van der Waals surface area contributed by atoms with Crippen molar-refractivity contribution in [1.29, 1.82) is 0 Å². The molecule has 0 aliphatic carbocycles. The molecule has 1 fully saturated rings. The Morgan fingerprint density at radius 3 is 2.47 bits per heavy atom. The lowest BCUT2D eigenvalue weighted by Gasteiger charge is -2.34. The molecule has 2 aliphatic heterocycles. The molecule has 1 saturated heterocycles. The molecule has 11 heteroatoms. The van der Waals surface area contributed by atoms with Gasteiger partial charge in [-0.3, -0.25) is 9.89 Å². The van der Waals surface area contributed by atoms with Crippen LogP contribution in [0.25, 0.3) is 16.9 Å².